The highest BCUT2D eigenvalue weighted by Gasteiger charge is 2.15. The molecule has 31 heavy (non-hydrogen) atoms. The van der Waals surface area contributed by atoms with Crippen molar-refractivity contribution in [1.82, 2.24) is 20.3 Å². The van der Waals surface area contributed by atoms with Crippen molar-refractivity contribution >= 4 is 34.0 Å². The molecule has 7 nitrogen and oxygen atoms in total. The van der Waals surface area contributed by atoms with Crippen LogP contribution in [0.3, 0.4) is 0 Å². The van der Waals surface area contributed by atoms with Gasteiger partial charge in [0.05, 0.1) is 22.1 Å². The quantitative estimate of drug-likeness (QED) is 0.494. The lowest BCUT2D eigenvalue weighted by Crippen LogP contribution is -2.34. The number of hydrogen-bond acceptors (Lipinski definition) is 7. The van der Waals surface area contributed by atoms with E-state index >= 15 is 0 Å². The lowest BCUT2D eigenvalue weighted by molar-refractivity contribution is 0.102. The number of aromatic nitrogens is 3. The summed E-state index contributed by atoms with van der Waals surface area (Å²) in [5.41, 5.74) is 4.10. The number of anilines is 1. The van der Waals surface area contributed by atoms with Crippen LogP contribution in [0.2, 0.25) is 0 Å². The van der Waals surface area contributed by atoms with E-state index in [0.29, 0.717) is 11.4 Å². The van der Waals surface area contributed by atoms with Crippen molar-refractivity contribution in [1.29, 1.82) is 0 Å². The van der Waals surface area contributed by atoms with Crippen LogP contribution in [-0.2, 0) is 0 Å². The smallest absolute Gasteiger partial charge is 0.256 e. The summed E-state index contributed by atoms with van der Waals surface area (Å²) in [5, 5.41) is 7.10. The maximum absolute atomic E-state index is 12.7. The summed E-state index contributed by atoms with van der Waals surface area (Å²) in [6, 6.07) is 11.1. The number of fused-ring (bicyclic) bond motifs is 1. The first-order chi connectivity index (χ1) is 15.2. The zero-order valence-corrected chi connectivity index (χ0v) is 17.6. The zero-order valence-electron chi connectivity index (χ0n) is 16.7. The minimum absolute atomic E-state index is 0.216. The van der Waals surface area contributed by atoms with Gasteiger partial charge in [0.15, 0.2) is 0 Å². The van der Waals surface area contributed by atoms with Gasteiger partial charge in [0.25, 0.3) is 5.91 Å². The molecule has 0 spiro atoms. The van der Waals surface area contributed by atoms with Crippen molar-refractivity contribution in [2.24, 2.45) is 0 Å². The first kappa shape index (κ1) is 19.6. The second kappa shape index (κ2) is 8.79. The molecular formula is C23H21N5O2S. The average molecular weight is 432 g/mol. The Kier molecular flexibility index (Phi) is 5.56. The fraction of sp³-hybridized carbons (Fsp3) is 0.217. The zero-order chi connectivity index (χ0) is 21.0. The lowest BCUT2D eigenvalue weighted by Gasteiger charge is -2.23. The van der Waals surface area contributed by atoms with E-state index in [-0.39, 0.29) is 12.0 Å². The largest absolute Gasteiger partial charge is 0.490 e. The molecule has 1 saturated heterocycles. The molecule has 1 aromatic carbocycles. The van der Waals surface area contributed by atoms with Gasteiger partial charge in [0, 0.05) is 28.9 Å². The fourth-order valence-corrected chi connectivity index (χ4v) is 4.18. The monoisotopic (exact) mass is 431 g/mol. The Morgan fingerprint density at radius 1 is 1.06 bits per heavy atom. The topological polar surface area (TPSA) is 89.0 Å². The molecule has 4 aromatic rings. The summed E-state index contributed by atoms with van der Waals surface area (Å²) < 4.78 is 6.00. The second-order valence-corrected chi connectivity index (χ2v) is 8.28. The molecule has 2 N–H and O–H groups in total. The van der Waals surface area contributed by atoms with Gasteiger partial charge in [-0.15, -0.1) is 11.3 Å². The van der Waals surface area contributed by atoms with Gasteiger partial charge in [-0.05, 0) is 62.3 Å². The van der Waals surface area contributed by atoms with E-state index in [1.807, 2.05) is 36.7 Å². The number of pyridine rings is 2. The molecule has 4 heterocycles. The van der Waals surface area contributed by atoms with Crippen molar-refractivity contribution in [2.75, 3.05) is 18.4 Å². The molecule has 0 radical (unpaired) electrons. The average Bonchev–Trinajstić information content (AvgIpc) is 3.35. The van der Waals surface area contributed by atoms with Crippen molar-refractivity contribution < 1.29 is 9.53 Å². The summed E-state index contributed by atoms with van der Waals surface area (Å²) in [5.74, 6) is 1.05. The van der Waals surface area contributed by atoms with Crippen LogP contribution in [-0.4, -0.2) is 40.1 Å². The molecule has 1 amide bonds. The van der Waals surface area contributed by atoms with E-state index < -0.39 is 0 Å². The number of hydrogen-bond donors (Lipinski definition) is 2. The lowest BCUT2D eigenvalue weighted by atomic mass is 10.1. The first-order valence-corrected chi connectivity index (χ1v) is 11.1. The summed E-state index contributed by atoms with van der Waals surface area (Å²) in [4.78, 5) is 26.6. The molecule has 0 saturated carbocycles. The normalized spacial score (nSPS) is 14.5. The number of ether oxygens (including phenoxy) is 1. The Morgan fingerprint density at radius 2 is 1.90 bits per heavy atom. The number of carbonyl (C=O) groups is 1. The van der Waals surface area contributed by atoms with Gasteiger partial charge >= 0.3 is 0 Å². The Bertz CT molecular complexity index is 1190. The number of piperidine rings is 1. The van der Waals surface area contributed by atoms with Gasteiger partial charge in [-0.25, -0.2) is 4.98 Å². The van der Waals surface area contributed by atoms with E-state index in [1.54, 1.807) is 35.2 Å². The number of nitrogens with zero attached hydrogens (tertiary/aromatic N) is 3. The molecule has 8 heteroatoms. The van der Waals surface area contributed by atoms with Crippen molar-refractivity contribution in [3.63, 3.8) is 0 Å². The van der Waals surface area contributed by atoms with Gasteiger partial charge in [-0.1, -0.05) is 0 Å². The Morgan fingerprint density at radius 3 is 2.68 bits per heavy atom. The number of carbonyl (C=O) groups excluding carboxylic acids is 1. The van der Waals surface area contributed by atoms with Crippen LogP contribution >= 0.6 is 11.3 Å². The molecule has 3 aromatic heterocycles. The summed E-state index contributed by atoms with van der Waals surface area (Å²) >= 11 is 1.56. The van der Waals surface area contributed by atoms with Crippen LogP contribution in [0.1, 0.15) is 23.2 Å². The minimum Gasteiger partial charge on any atom is -0.490 e. The predicted octanol–water partition coefficient (Wildman–Crippen LogP) is 4.14. The van der Waals surface area contributed by atoms with Crippen molar-refractivity contribution in [3.8, 4) is 16.2 Å². The highest BCUT2D eigenvalue weighted by molar-refractivity contribution is 7.13. The molecule has 0 aliphatic carbocycles. The maximum Gasteiger partial charge on any atom is 0.256 e. The summed E-state index contributed by atoms with van der Waals surface area (Å²) in [6.07, 6.45) is 7.51. The van der Waals surface area contributed by atoms with Crippen LogP contribution < -0.4 is 15.4 Å². The number of benzene rings is 1. The van der Waals surface area contributed by atoms with Crippen LogP contribution in [0.4, 0.5) is 5.82 Å². The van der Waals surface area contributed by atoms with Crippen molar-refractivity contribution in [2.45, 2.75) is 18.9 Å². The van der Waals surface area contributed by atoms with E-state index in [9.17, 15) is 4.79 Å². The molecule has 1 fully saturated rings. The van der Waals surface area contributed by atoms with E-state index in [4.69, 9.17) is 4.74 Å². The molecular weight excluding hydrogens is 410 g/mol. The third kappa shape index (κ3) is 4.55. The third-order valence-electron chi connectivity index (χ3n) is 5.23. The highest BCUT2D eigenvalue weighted by Crippen LogP contribution is 2.26. The summed E-state index contributed by atoms with van der Waals surface area (Å²) in [6.45, 7) is 1.95. The fourth-order valence-electron chi connectivity index (χ4n) is 3.57. The molecule has 1 aliphatic heterocycles. The van der Waals surface area contributed by atoms with E-state index in [1.165, 1.54) is 0 Å². The minimum atomic E-state index is -0.216. The van der Waals surface area contributed by atoms with E-state index in [2.05, 4.69) is 25.6 Å². The number of nitrogens with one attached hydrogen (secondary N) is 2. The van der Waals surface area contributed by atoms with Gasteiger partial charge in [-0.2, -0.15) is 0 Å². The first-order valence-electron chi connectivity index (χ1n) is 10.2. The Labute approximate surface area is 183 Å². The molecule has 1 aliphatic rings. The van der Waals surface area contributed by atoms with Gasteiger partial charge in [-0.3, -0.25) is 14.8 Å². The highest BCUT2D eigenvalue weighted by atomic mass is 32.1. The van der Waals surface area contributed by atoms with Gasteiger partial charge in [0.2, 0.25) is 0 Å². The maximum atomic E-state index is 12.7. The molecule has 5 rings (SSSR count). The van der Waals surface area contributed by atoms with Crippen LogP contribution in [0.15, 0.2) is 60.5 Å². The van der Waals surface area contributed by atoms with Crippen LogP contribution in [0, 0.1) is 0 Å². The van der Waals surface area contributed by atoms with Crippen LogP contribution in [0.5, 0.6) is 5.75 Å². The van der Waals surface area contributed by atoms with E-state index in [0.717, 1.165) is 53.0 Å². The molecule has 0 unspecified atom stereocenters. The van der Waals surface area contributed by atoms with Gasteiger partial charge < -0.3 is 15.4 Å². The standard InChI is InChI=1S/C23H21N5O2S/c29-23(15-1-3-18(4-2-15)30-19-5-7-24-8-6-19)28-22-10-16-9-17(21-13-25-14-31-21)11-26-20(16)12-27-22/h1-4,9-14,19,24H,5-8H2,(H,27,28,29). The van der Waals surface area contributed by atoms with Crippen LogP contribution in [0.25, 0.3) is 21.3 Å². The second-order valence-electron chi connectivity index (χ2n) is 7.40. The number of rotatable bonds is 5. The van der Waals surface area contributed by atoms with Gasteiger partial charge in [0.1, 0.15) is 17.7 Å². The molecule has 0 bridgehead atoms. The summed E-state index contributed by atoms with van der Waals surface area (Å²) in [7, 11) is 0. The Hall–Kier alpha value is -3.36. The number of thiazole rings is 1. The molecule has 0 atom stereocenters. The van der Waals surface area contributed by atoms with Crippen molar-refractivity contribution in [3.05, 3.63) is 66.1 Å². The molecule has 156 valence electrons. The SMILES string of the molecule is O=C(Nc1cc2cc(-c3cncs3)cnc2cn1)c1ccc(OC2CCNCC2)cc1. The number of amides is 1. The third-order valence-corrected chi connectivity index (χ3v) is 6.05. The Balaban J connectivity index is 1.29. The predicted molar refractivity (Wildman–Crippen MR) is 122 cm³/mol.